The van der Waals surface area contributed by atoms with E-state index in [2.05, 4.69) is 10.5 Å². The molecule has 0 spiro atoms. The number of carbonyl (C=O) groups excluding carboxylic acids is 1. The third kappa shape index (κ3) is 5.50. The van der Waals surface area contributed by atoms with Gasteiger partial charge >= 0.3 is 0 Å². The first-order valence-corrected chi connectivity index (χ1v) is 7.68. The van der Waals surface area contributed by atoms with E-state index in [1.807, 2.05) is 43.3 Å². The van der Waals surface area contributed by atoms with Crippen molar-refractivity contribution in [1.82, 2.24) is 10.5 Å². The van der Waals surface area contributed by atoms with Crippen LogP contribution in [0.15, 0.2) is 40.9 Å². The van der Waals surface area contributed by atoms with Crippen LogP contribution in [0.2, 0.25) is 0 Å². The predicted octanol–water partition coefficient (Wildman–Crippen LogP) is 2.40. The number of hydrogen-bond acceptors (Lipinski definition) is 5. The summed E-state index contributed by atoms with van der Waals surface area (Å²) in [5, 5.41) is 6.77. The van der Waals surface area contributed by atoms with Crippen LogP contribution in [0.5, 0.6) is 0 Å². The molecule has 1 atom stereocenters. The topological polar surface area (TPSA) is 73.6 Å². The van der Waals surface area contributed by atoms with E-state index in [1.165, 1.54) is 0 Å². The molecule has 1 amide bonds. The monoisotopic (exact) mass is 318 g/mol. The van der Waals surface area contributed by atoms with Crippen molar-refractivity contribution in [1.29, 1.82) is 0 Å². The van der Waals surface area contributed by atoms with Crippen molar-refractivity contribution in [2.24, 2.45) is 0 Å². The van der Waals surface area contributed by atoms with E-state index in [0.29, 0.717) is 25.6 Å². The number of benzene rings is 1. The first-order chi connectivity index (χ1) is 11.2. The van der Waals surface area contributed by atoms with Gasteiger partial charge in [-0.1, -0.05) is 35.5 Å². The van der Waals surface area contributed by atoms with Crippen molar-refractivity contribution >= 4 is 5.91 Å². The van der Waals surface area contributed by atoms with Gasteiger partial charge in [-0.15, -0.1) is 0 Å². The van der Waals surface area contributed by atoms with Gasteiger partial charge in [-0.25, -0.2) is 0 Å². The van der Waals surface area contributed by atoms with Crippen LogP contribution in [0.3, 0.4) is 0 Å². The van der Waals surface area contributed by atoms with Crippen LogP contribution >= 0.6 is 0 Å². The first-order valence-electron chi connectivity index (χ1n) is 7.68. The molecule has 2 aromatic rings. The zero-order chi connectivity index (χ0) is 16.5. The van der Waals surface area contributed by atoms with Crippen LogP contribution in [-0.2, 0) is 20.8 Å². The Kier molecular flexibility index (Phi) is 6.77. The molecule has 0 bridgehead atoms. The Morgan fingerprint density at radius 2 is 2.09 bits per heavy atom. The summed E-state index contributed by atoms with van der Waals surface area (Å²) in [5.74, 6) is 0.401. The zero-order valence-corrected chi connectivity index (χ0v) is 13.5. The van der Waals surface area contributed by atoms with Crippen molar-refractivity contribution in [3.05, 3.63) is 42.2 Å². The summed E-state index contributed by atoms with van der Waals surface area (Å²) in [4.78, 5) is 11.9. The second-order valence-electron chi connectivity index (χ2n) is 4.97. The highest BCUT2D eigenvalue weighted by molar-refractivity contribution is 5.80. The van der Waals surface area contributed by atoms with Gasteiger partial charge in [0.05, 0.1) is 19.8 Å². The molecule has 1 aromatic heterocycles. The lowest BCUT2D eigenvalue weighted by Crippen LogP contribution is -2.34. The van der Waals surface area contributed by atoms with Gasteiger partial charge in [-0.2, -0.15) is 0 Å². The van der Waals surface area contributed by atoms with Crippen LogP contribution in [0.25, 0.3) is 11.3 Å². The number of nitrogens with zero attached hydrogens (tertiary/aromatic N) is 1. The molecule has 0 unspecified atom stereocenters. The number of amides is 1. The Hall–Kier alpha value is -2.18. The van der Waals surface area contributed by atoms with E-state index in [9.17, 15) is 4.79 Å². The molecule has 0 aliphatic carbocycles. The summed E-state index contributed by atoms with van der Waals surface area (Å²) in [7, 11) is 0. The lowest BCUT2D eigenvalue weighted by Gasteiger charge is -2.12. The molecule has 1 heterocycles. The number of aromatic nitrogens is 1. The van der Waals surface area contributed by atoms with Gasteiger partial charge < -0.3 is 19.3 Å². The fraction of sp³-hybridized carbons (Fsp3) is 0.412. The Balaban J connectivity index is 1.77. The van der Waals surface area contributed by atoms with Gasteiger partial charge in [0.1, 0.15) is 11.8 Å². The molecule has 124 valence electrons. The SMILES string of the molecule is CCOCCO[C@@H](C)C(=O)NCc1cc(-c2ccccc2)no1. The molecule has 0 radical (unpaired) electrons. The number of ether oxygens (including phenoxy) is 2. The van der Waals surface area contributed by atoms with Gasteiger partial charge in [0, 0.05) is 18.2 Å². The van der Waals surface area contributed by atoms with Crippen molar-refractivity contribution in [2.45, 2.75) is 26.5 Å². The standard InChI is InChI=1S/C17H22N2O4/c1-3-21-9-10-22-13(2)17(20)18-12-15-11-16(19-23-15)14-7-5-4-6-8-14/h4-8,11,13H,3,9-10,12H2,1-2H3,(H,18,20)/t13-/m0/s1. The first kappa shape index (κ1) is 17.2. The van der Waals surface area contributed by atoms with E-state index in [-0.39, 0.29) is 12.5 Å². The molecule has 0 saturated carbocycles. The molecular weight excluding hydrogens is 296 g/mol. The normalized spacial score (nSPS) is 12.1. The third-order valence-electron chi connectivity index (χ3n) is 3.23. The fourth-order valence-corrected chi connectivity index (χ4v) is 1.96. The maximum atomic E-state index is 11.9. The highest BCUT2D eigenvalue weighted by Gasteiger charge is 2.14. The molecule has 0 saturated heterocycles. The number of rotatable bonds is 9. The van der Waals surface area contributed by atoms with E-state index < -0.39 is 6.10 Å². The van der Waals surface area contributed by atoms with Crippen molar-refractivity contribution in [2.75, 3.05) is 19.8 Å². The molecule has 1 aromatic carbocycles. The average molecular weight is 318 g/mol. The quantitative estimate of drug-likeness (QED) is 0.719. The highest BCUT2D eigenvalue weighted by atomic mass is 16.5. The minimum atomic E-state index is -0.535. The summed E-state index contributed by atoms with van der Waals surface area (Å²) in [6.45, 7) is 5.41. The van der Waals surface area contributed by atoms with Gasteiger partial charge in [-0.05, 0) is 13.8 Å². The second kappa shape index (κ2) is 9.07. The van der Waals surface area contributed by atoms with Crippen LogP contribution < -0.4 is 5.32 Å². The zero-order valence-electron chi connectivity index (χ0n) is 13.5. The van der Waals surface area contributed by atoms with Gasteiger partial charge in [0.25, 0.3) is 0 Å². The maximum absolute atomic E-state index is 11.9. The molecule has 0 fully saturated rings. The lowest BCUT2D eigenvalue weighted by atomic mass is 10.1. The van der Waals surface area contributed by atoms with Crippen LogP contribution in [0, 0.1) is 0 Å². The highest BCUT2D eigenvalue weighted by Crippen LogP contribution is 2.18. The van der Waals surface area contributed by atoms with Crippen molar-refractivity contribution in [3.8, 4) is 11.3 Å². The molecule has 0 aliphatic heterocycles. The minimum absolute atomic E-state index is 0.195. The molecular formula is C17H22N2O4. The summed E-state index contributed by atoms with van der Waals surface area (Å²) >= 11 is 0. The van der Waals surface area contributed by atoms with Crippen molar-refractivity contribution < 1.29 is 18.8 Å². The summed E-state index contributed by atoms with van der Waals surface area (Å²) < 4.78 is 15.8. The summed E-state index contributed by atoms with van der Waals surface area (Å²) in [6, 6.07) is 11.5. The molecule has 2 rings (SSSR count). The smallest absolute Gasteiger partial charge is 0.249 e. The van der Waals surface area contributed by atoms with Crippen LogP contribution in [0.4, 0.5) is 0 Å². The Morgan fingerprint density at radius 3 is 2.83 bits per heavy atom. The Bertz CT molecular complexity index is 598. The largest absolute Gasteiger partial charge is 0.379 e. The van der Waals surface area contributed by atoms with Crippen molar-refractivity contribution in [3.63, 3.8) is 0 Å². The van der Waals surface area contributed by atoms with Crippen LogP contribution in [-0.4, -0.2) is 37.0 Å². The van der Waals surface area contributed by atoms with Gasteiger partial charge in [-0.3, -0.25) is 4.79 Å². The van der Waals surface area contributed by atoms with E-state index in [4.69, 9.17) is 14.0 Å². The summed E-state index contributed by atoms with van der Waals surface area (Å²) in [6.07, 6.45) is -0.535. The maximum Gasteiger partial charge on any atom is 0.249 e. The number of carbonyl (C=O) groups is 1. The van der Waals surface area contributed by atoms with Gasteiger partial charge in [0.15, 0.2) is 5.76 Å². The number of nitrogens with one attached hydrogen (secondary N) is 1. The molecule has 23 heavy (non-hydrogen) atoms. The fourth-order valence-electron chi connectivity index (χ4n) is 1.96. The van der Waals surface area contributed by atoms with Crippen LogP contribution in [0.1, 0.15) is 19.6 Å². The third-order valence-corrected chi connectivity index (χ3v) is 3.23. The predicted molar refractivity (Wildman–Crippen MR) is 85.7 cm³/mol. The molecule has 6 nitrogen and oxygen atoms in total. The van der Waals surface area contributed by atoms with Gasteiger partial charge in [0.2, 0.25) is 5.91 Å². The molecule has 6 heteroatoms. The van der Waals surface area contributed by atoms with E-state index >= 15 is 0 Å². The number of hydrogen-bond donors (Lipinski definition) is 1. The minimum Gasteiger partial charge on any atom is -0.379 e. The molecule has 0 aliphatic rings. The Labute approximate surface area is 135 Å². The van der Waals surface area contributed by atoms with E-state index in [0.717, 1.165) is 11.3 Å². The lowest BCUT2D eigenvalue weighted by molar-refractivity contribution is -0.132. The Morgan fingerprint density at radius 1 is 1.30 bits per heavy atom. The second-order valence-corrected chi connectivity index (χ2v) is 4.97. The average Bonchev–Trinajstić information content (AvgIpc) is 3.06. The van der Waals surface area contributed by atoms with E-state index in [1.54, 1.807) is 6.92 Å². The molecule has 1 N–H and O–H groups in total. The summed E-state index contributed by atoms with van der Waals surface area (Å²) in [5.41, 5.74) is 1.72.